The molecule has 1 aliphatic carbocycles. The maximum atomic E-state index is 9.30. The smallest absolute Gasteiger partial charge is 0.108 e. The van der Waals surface area contributed by atoms with Crippen molar-refractivity contribution in [1.29, 1.82) is 0 Å². The van der Waals surface area contributed by atoms with E-state index in [1.165, 1.54) is 0 Å². The lowest BCUT2D eigenvalue weighted by Crippen LogP contribution is -2.57. The maximum absolute atomic E-state index is 9.30. The monoisotopic (exact) mass is 177 g/mol. The highest BCUT2D eigenvalue weighted by Gasteiger charge is 2.40. The van der Waals surface area contributed by atoms with E-state index in [9.17, 15) is 15.3 Å². The van der Waals surface area contributed by atoms with E-state index in [1.54, 1.807) is 0 Å². The molecule has 0 bridgehead atoms. The third-order valence-corrected chi connectivity index (χ3v) is 2.43. The second-order valence-electron chi connectivity index (χ2n) is 3.31. The SMILES string of the molecule is N[C@@H]1C[C@H](CO)[C@H](O)[C@H](O)[C@H]1O. The van der Waals surface area contributed by atoms with Crippen LogP contribution in [-0.4, -0.2) is 51.4 Å². The largest absolute Gasteiger partial charge is 0.396 e. The van der Waals surface area contributed by atoms with Gasteiger partial charge < -0.3 is 26.2 Å². The summed E-state index contributed by atoms with van der Waals surface area (Å²) in [7, 11) is 0. The molecule has 0 saturated heterocycles. The Morgan fingerprint density at radius 1 is 1.08 bits per heavy atom. The number of aliphatic hydroxyl groups is 4. The number of hydrogen-bond donors (Lipinski definition) is 5. The van der Waals surface area contributed by atoms with E-state index in [1.807, 2.05) is 0 Å². The minimum Gasteiger partial charge on any atom is -0.396 e. The Morgan fingerprint density at radius 3 is 2.17 bits per heavy atom. The van der Waals surface area contributed by atoms with Crippen molar-refractivity contribution in [3.8, 4) is 0 Å². The fraction of sp³-hybridized carbons (Fsp3) is 1.00. The molecule has 5 nitrogen and oxygen atoms in total. The molecule has 0 aliphatic heterocycles. The van der Waals surface area contributed by atoms with Gasteiger partial charge in [-0.05, 0) is 6.42 Å². The minimum atomic E-state index is -1.24. The van der Waals surface area contributed by atoms with Crippen LogP contribution in [0.25, 0.3) is 0 Å². The second kappa shape index (κ2) is 3.68. The molecule has 0 aromatic carbocycles. The summed E-state index contributed by atoms with van der Waals surface area (Å²) in [6, 6.07) is -0.569. The van der Waals surface area contributed by atoms with Crippen LogP contribution in [0, 0.1) is 5.92 Å². The summed E-state index contributed by atoms with van der Waals surface area (Å²) in [6.45, 7) is -0.224. The Kier molecular flexibility index (Phi) is 3.03. The van der Waals surface area contributed by atoms with Gasteiger partial charge in [-0.1, -0.05) is 0 Å². The summed E-state index contributed by atoms with van der Waals surface area (Å²) >= 11 is 0. The summed E-state index contributed by atoms with van der Waals surface area (Å²) < 4.78 is 0. The lowest BCUT2D eigenvalue weighted by atomic mass is 9.80. The van der Waals surface area contributed by atoms with Gasteiger partial charge in [0.2, 0.25) is 0 Å². The van der Waals surface area contributed by atoms with Crippen LogP contribution in [0.1, 0.15) is 6.42 Å². The molecule has 0 unspecified atom stereocenters. The lowest BCUT2D eigenvalue weighted by molar-refractivity contribution is -0.125. The summed E-state index contributed by atoms with van der Waals surface area (Å²) in [4.78, 5) is 0. The molecule has 72 valence electrons. The first-order valence-electron chi connectivity index (χ1n) is 3.98. The molecule has 0 radical (unpaired) electrons. The van der Waals surface area contributed by atoms with E-state index >= 15 is 0 Å². The average Bonchev–Trinajstić information content (AvgIpc) is 2.08. The van der Waals surface area contributed by atoms with Crippen LogP contribution in [0.15, 0.2) is 0 Å². The minimum absolute atomic E-state index is 0.224. The van der Waals surface area contributed by atoms with Gasteiger partial charge in [0.15, 0.2) is 0 Å². The summed E-state index contributed by atoms with van der Waals surface area (Å²) in [5.74, 6) is -0.432. The molecule has 1 aliphatic rings. The zero-order valence-corrected chi connectivity index (χ0v) is 6.67. The number of nitrogens with two attached hydrogens (primary N) is 1. The van der Waals surface area contributed by atoms with Crippen LogP contribution in [0.2, 0.25) is 0 Å². The third kappa shape index (κ3) is 1.60. The molecule has 1 fully saturated rings. The van der Waals surface area contributed by atoms with Crippen molar-refractivity contribution in [2.75, 3.05) is 6.61 Å². The van der Waals surface area contributed by atoms with Gasteiger partial charge >= 0.3 is 0 Å². The van der Waals surface area contributed by atoms with E-state index in [-0.39, 0.29) is 6.61 Å². The summed E-state index contributed by atoms with van der Waals surface area (Å²) in [6.07, 6.45) is -3.09. The Bertz CT molecular complexity index is 150. The highest BCUT2D eigenvalue weighted by molar-refractivity contribution is 4.94. The first kappa shape index (κ1) is 9.88. The van der Waals surface area contributed by atoms with Crippen molar-refractivity contribution in [3.05, 3.63) is 0 Å². The van der Waals surface area contributed by atoms with E-state index in [0.29, 0.717) is 6.42 Å². The van der Waals surface area contributed by atoms with Crippen molar-refractivity contribution >= 4 is 0 Å². The van der Waals surface area contributed by atoms with Crippen LogP contribution in [0.4, 0.5) is 0 Å². The van der Waals surface area contributed by atoms with Crippen LogP contribution in [0.5, 0.6) is 0 Å². The molecule has 1 rings (SSSR count). The normalized spacial score (nSPS) is 49.2. The molecule has 5 heteroatoms. The molecule has 1 saturated carbocycles. The molecular weight excluding hydrogens is 162 g/mol. The van der Waals surface area contributed by atoms with Crippen LogP contribution in [0.3, 0.4) is 0 Å². The number of rotatable bonds is 1. The maximum Gasteiger partial charge on any atom is 0.108 e. The molecule has 0 aromatic heterocycles. The Morgan fingerprint density at radius 2 is 1.67 bits per heavy atom. The molecular formula is C7H15NO4. The molecule has 0 heterocycles. The van der Waals surface area contributed by atoms with Gasteiger partial charge in [-0.15, -0.1) is 0 Å². The molecule has 5 atom stereocenters. The van der Waals surface area contributed by atoms with E-state index in [4.69, 9.17) is 10.8 Å². The van der Waals surface area contributed by atoms with Crippen LogP contribution >= 0.6 is 0 Å². The van der Waals surface area contributed by atoms with Crippen LogP contribution in [-0.2, 0) is 0 Å². The van der Waals surface area contributed by atoms with E-state index in [2.05, 4.69) is 0 Å². The molecule has 6 N–H and O–H groups in total. The number of aliphatic hydroxyl groups excluding tert-OH is 4. The van der Waals surface area contributed by atoms with Gasteiger partial charge in [0.05, 0.1) is 12.2 Å². The fourth-order valence-electron chi connectivity index (χ4n) is 1.55. The van der Waals surface area contributed by atoms with E-state index < -0.39 is 30.3 Å². The zero-order valence-electron chi connectivity index (χ0n) is 6.67. The van der Waals surface area contributed by atoms with Gasteiger partial charge in [0.1, 0.15) is 6.10 Å². The van der Waals surface area contributed by atoms with Gasteiger partial charge in [0.25, 0.3) is 0 Å². The quantitative estimate of drug-likeness (QED) is 0.302. The van der Waals surface area contributed by atoms with Crippen molar-refractivity contribution in [2.24, 2.45) is 11.7 Å². The molecule has 0 aromatic rings. The zero-order chi connectivity index (χ0) is 9.30. The topological polar surface area (TPSA) is 107 Å². The van der Waals surface area contributed by atoms with Crippen molar-refractivity contribution < 1.29 is 20.4 Å². The fourth-order valence-corrected chi connectivity index (χ4v) is 1.55. The predicted molar refractivity (Wildman–Crippen MR) is 41.2 cm³/mol. The standard InChI is InChI=1S/C7H15NO4/c8-4-1-3(2-9)5(10)7(12)6(4)11/h3-7,9-12H,1-2,8H2/t3-,4-,5+,6+,7+/m1/s1. The highest BCUT2D eigenvalue weighted by Crippen LogP contribution is 2.24. The first-order valence-corrected chi connectivity index (χ1v) is 3.98. The van der Waals surface area contributed by atoms with Crippen molar-refractivity contribution in [3.63, 3.8) is 0 Å². The predicted octanol–water partition coefficient (Wildman–Crippen LogP) is -2.59. The Balaban J connectivity index is 2.63. The summed E-state index contributed by atoms with van der Waals surface area (Å²) in [5.41, 5.74) is 5.46. The van der Waals surface area contributed by atoms with E-state index in [0.717, 1.165) is 0 Å². The van der Waals surface area contributed by atoms with Gasteiger partial charge in [-0.25, -0.2) is 0 Å². The number of hydrogen-bond acceptors (Lipinski definition) is 5. The van der Waals surface area contributed by atoms with Gasteiger partial charge in [0, 0.05) is 18.6 Å². The highest BCUT2D eigenvalue weighted by atomic mass is 16.4. The average molecular weight is 177 g/mol. The molecule has 0 amide bonds. The molecule has 12 heavy (non-hydrogen) atoms. The lowest BCUT2D eigenvalue weighted by Gasteiger charge is -2.38. The molecule has 0 spiro atoms. The third-order valence-electron chi connectivity index (χ3n) is 2.43. The van der Waals surface area contributed by atoms with Crippen molar-refractivity contribution in [2.45, 2.75) is 30.8 Å². The first-order chi connectivity index (χ1) is 5.57. The van der Waals surface area contributed by atoms with Gasteiger partial charge in [-0.2, -0.15) is 0 Å². The van der Waals surface area contributed by atoms with Crippen molar-refractivity contribution in [1.82, 2.24) is 0 Å². The van der Waals surface area contributed by atoms with Crippen LogP contribution < -0.4 is 5.73 Å². The summed E-state index contributed by atoms with van der Waals surface area (Å²) in [5, 5.41) is 36.5. The van der Waals surface area contributed by atoms with Gasteiger partial charge in [-0.3, -0.25) is 0 Å². The Labute approximate surface area is 70.4 Å². The second-order valence-corrected chi connectivity index (χ2v) is 3.31. The Hall–Kier alpha value is -0.200.